The number of nitrogens with one attached hydrogen (secondary N) is 1. The van der Waals surface area contributed by atoms with Crippen LogP contribution in [0.3, 0.4) is 0 Å². The zero-order valence-electron chi connectivity index (χ0n) is 18.2. The smallest absolute Gasteiger partial charge is 0.241 e. The van der Waals surface area contributed by atoms with Gasteiger partial charge in [-0.1, -0.05) is 24.3 Å². The van der Waals surface area contributed by atoms with Gasteiger partial charge in [0.15, 0.2) is 0 Å². The van der Waals surface area contributed by atoms with E-state index < -0.39 is 0 Å². The highest BCUT2D eigenvalue weighted by atomic mass is 16.5. The van der Waals surface area contributed by atoms with Gasteiger partial charge in [0.1, 0.15) is 22.7 Å². The number of methoxy groups -OCH3 is 1. The summed E-state index contributed by atoms with van der Waals surface area (Å²) in [4.78, 5) is 21.9. The van der Waals surface area contributed by atoms with Crippen molar-refractivity contribution in [3.05, 3.63) is 60.8 Å². The van der Waals surface area contributed by atoms with Crippen LogP contribution in [0.2, 0.25) is 0 Å². The van der Waals surface area contributed by atoms with Crippen molar-refractivity contribution in [1.82, 2.24) is 9.88 Å². The predicted octanol–water partition coefficient (Wildman–Crippen LogP) is 4.14. The van der Waals surface area contributed by atoms with Gasteiger partial charge < -0.3 is 19.4 Å². The lowest BCUT2D eigenvalue weighted by atomic mass is 10.1. The van der Waals surface area contributed by atoms with Gasteiger partial charge in [-0.15, -0.1) is 0 Å². The van der Waals surface area contributed by atoms with Crippen molar-refractivity contribution in [2.24, 2.45) is 0 Å². The number of fused-ring (bicyclic) bond motifs is 3. The Morgan fingerprint density at radius 3 is 2.56 bits per heavy atom. The van der Waals surface area contributed by atoms with Crippen LogP contribution in [-0.2, 0) is 4.79 Å². The van der Waals surface area contributed by atoms with Gasteiger partial charge in [0.05, 0.1) is 18.8 Å². The summed E-state index contributed by atoms with van der Waals surface area (Å²) in [6.07, 6.45) is 1.81. The number of aromatic nitrogens is 1. The average Bonchev–Trinajstić information content (AvgIpc) is 3.21. The summed E-state index contributed by atoms with van der Waals surface area (Å²) in [7, 11) is 1.61. The van der Waals surface area contributed by atoms with Crippen LogP contribution in [0, 0.1) is 0 Å². The fourth-order valence-electron chi connectivity index (χ4n) is 4.30. The number of hydrogen-bond acceptors (Lipinski definition) is 6. The standard InChI is InChI=1S/C25H26N4O3/c1-17(28-11-13-29(14-12-28)24-9-5-6-10-26-24)25(30)27-20-16-22-19(15-23(20)31-2)18-7-3-4-8-21(18)32-22/h3-10,15-17H,11-14H2,1-2H3,(H,27,30). The first-order valence-corrected chi connectivity index (χ1v) is 10.8. The number of pyridine rings is 1. The molecular weight excluding hydrogens is 404 g/mol. The second-order valence-electron chi connectivity index (χ2n) is 8.02. The Morgan fingerprint density at radius 1 is 1.03 bits per heavy atom. The molecule has 5 rings (SSSR count). The van der Waals surface area contributed by atoms with Gasteiger partial charge in [-0.25, -0.2) is 4.98 Å². The number of furan rings is 1. The summed E-state index contributed by atoms with van der Waals surface area (Å²) in [5.41, 5.74) is 2.15. The van der Waals surface area contributed by atoms with Crippen LogP contribution in [0.5, 0.6) is 5.75 Å². The van der Waals surface area contributed by atoms with E-state index in [1.54, 1.807) is 7.11 Å². The molecule has 0 spiro atoms. The predicted molar refractivity (Wildman–Crippen MR) is 126 cm³/mol. The molecular formula is C25H26N4O3. The second-order valence-corrected chi connectivity index (χ2v) is 8.02. The molecule has 1 amide bonds. The summed E-state index contributed by atoms with van der Waals surface area (Å²) < 4.78 is 11.6. The van der Waals surface area contributed by atoms with E-state index in [0.29, 0.717) is 11.4 Å². The van der Waals surface area contributed by atoms with Crippen LogP contribution in [-0.4, -0.2) is 55.1 Å². The number of carbonyl (C=O) groups is 1. The van der Waals surface area contributed by atoms with E-state index in [-0.39, 0.29) is 11.9 Å². The zero-order chi connectivity index (χ0) is 22.1. The average molecular weight is 431 g/mol. The Kier molecular flexibility index (Phi) is 5.41. The SMILES string of the molecule is COc1cc2c(cc1NC(=O)C(C)N1CCN(c3ccccn3)CC1)oc1ccccc12. The fraction of sp³-hybridized carbons (Fsp3) is 0.280. The number of anilines is 2. The van der Waals surface area contributed by atoms with Crippen molar-refractivity contribution in [2.75, 3.05) is 43.5 Å². The van der Waals surface area contributed by atoms with Crippen molar-refractivity contribution in [3.63, 3.8) is 0 Å². The largest absolute Gasteiger partial charge is 0.495 e. The van der Waals surface area contributed by atoms with Crippen molar-refractivity contribution in [1.29, 1.82) is 0 Å². The summed E-state index contributed by atoms with van der Waals surface area (Å²) in [6.45, 7) is 5.21. The number of piperazine rings is 1. The third kappa shape index (κ3) is 3.76. The lowest BCUT2D eigenvalue weighted by molar-refractivity contribution is -0.120. The molecule has 0 bridgehead atoms. The number of carbonyl (C=O) groups excluding carboxylic acids is 1. The summed E-state index contributed by atoms with van der Waals surface area (Å²) in [6, 6.07) is 17.3. The van der Waals surface area contributed by atoms with Crippen molar-refractivity contribution < 1.29 is 13.9 Å². The molecule has 0 radical (unpaired) electrons. The van der Waals surface area contributed by atoms with E-state index in [1.165, 1.54) is 0 Å². The normalized spacial score (nSPS) is 15.8. The maximum absolute atomic E-state index is 13.1. The molecule has 3 heterocycles. The maximum Gasteiger partial charge on any atom is 0.241 e. The molecule has 2 aromatic carbocycles. The quantitative estimate of drug-likeness (QED) is 0.513. The fourth-order valence-corrected chi connectivity index (χ4v) is 4.30. The molecule has 2 aromatic heterocycles. The van der Waals surface area contributed by atoms with Crippen molar-refractivity contribution in [2.45, 2.75) is 13.0 Å². The number of amides is 1. The molecule has 1 atom stereocenters. The number of rotatable bonds is 5. The van der Waals surface area contributed by atoms with Crippen LogP contribution in [0.25, 0.3) is 21.9 Å². The lowest BCUT2D eigenvalue weighted by Crippen LogP contribution is -2.53. The van der Waals surface area contributed by atoms with Gasteiger partial charge in [-0.2, -0.15) is 0 Å². The molecule has 7 nitrogen and oxygen atoms in total. The Labute approximate surface area is 186 Å². The van der Waals surface area contributed by atoms with Crippen LogP contribution in [0.15, 0.2) is 65.2 Å². The van der Waals surface area contributed by atoms with Crippen LogP contribution in [0.4, 0.5) is 11.5 Å². The molecule has 1 fully saturated rings. The molecule has 1 aliphatic rings. The van der Waals surface area contributed by atoms with Gasteiger partial charge in [0, 0.05) is 49.2 Å². The molecule has 32 heavy (non-hydrogen) atoms. The maximum atomic E-state index is 13.1. The third-order valence-corrected chi connectivity index (χ3v) is 6.17. The molecule has 4 aromatic rings. The molecule has 7 heteroatoms. The van der Waals surface area contributed by atoms with Gasteiger partial charge in [0.25, 0.3) is 0 Å². The summed E-state index contributed by atoms with van der Waals surface area (Å²) >= 11 is 0. The zero-order valence-corrected chi connectivity index (χ0v) is 18.2. The molecule has 1 N–H and O–H groups in total. The number of benzene rings is 2. The highest BCUT2D eigenvalue weighted by molar-refractivity contribution is 6.08. The van der Waals surface area contributed by atoms with E-state index in [4.69, 9.17) is 9.15 Å². The minimum absolute atomic E-state index is 0.0648. The Bertz CT molecular complexity index is 1250. The lowest BCUT2D eigenvalue weighted by Gasteiger charge is -2.38. The third-order valence-electron chi connectivity index (χ3n) is 6.17. The Morgan fingerprint density at radius 2 is 1.81 bits per heavy atom. The Hall–Kier alpha value is -3.58. The minimum Gasteiger partial charge on any atom is -0.495 e. The first-order chi connectivity index (χ1) is 15.6. The van der Waals surface area contributed by atoms with Gasteiger partial charge in [0.2, 0.25) is 5.91 Å². The highest BCUT2D eigenvalue weighted by Crippen LogP contribution is 2.36. The number of hydrogen-bond donors (Lipinski definition) is 1. The molecule has 1 aliphatic heterocycles. The van der Waals surface area contributed by atoms with Crippen LogP contribution < -0.4 is 15.0 Å². The second kappa shape index (κ2) is 8.51. The first-order valence-electron chi connectivity index (χ1n) is 10.8. The van der Waals surface area contributed by atoms with Gasteiger partial charge in [-0.3, -0.25) is 9.69 Å². The van der Waals surface area contributed by atoms with Gasteiger partial charge in [-0.05, 0) is 31.2 Å². The van der Waals surface area contributed by atoms with E-state index >= 15 is 0 Å². The van der Waals surface area contributed by atoms with Gasteiger partial charge >= 0.3 is 0 Å². The molecule has 0 aliphatic carbocycles. The molecule has 1 saturated heterocycles. The van der Waals surface area contributed by atoms with Crippen LogP contribution in [0.1, 0.15) is 6.92 Å². The van der Waals surface area contributed by atoms with E-state index in [0.717, 1.165) is 53.9 Å². The van der Waals surface area contributed by atoms with Crippen LogP contribution >= 0.6 is 0 Å². The van der Waals surface area contributed by atoms with E-state index in [9.17, 15) is 4.79 Å². The number of para-hydroxylation sites is 1. The number of ether oxygens (including phenoxy) is 1. The van der Waals surface area contributed by atoms with Crippen molar-refractivity contribution >= 4 is 39.4 Å². The summed E-state index contributed by atoms with van der Waals surface area (Å²) in [5, 5.41) is 5.04. The van der Waals surface area contributed by atoms with E-state index in [1.807, 2.05) is 67.7 Å². The highest BCUT2D eigenvalue weighted by Gasteiger charge is 2.27. The minimum atomic E-state index is -0.267. The van der Waals surface area contributed by atoms with E-state index in [2.05, 4.69) is 20.1 Å². The molecule has 0 saturated carbocycles. The Balaban J connectivity index is 1.30. The van der Waals surface area contributed by atoms with Crippen molar-refractivity contribution in [3.8, 4) is 5.75 Å². The summed E-state index contributed by atoms with van der Waals surface area (Å²) in [5.74, 6) is 1.53. The first kappa shape index (κ1) is 20.3. The topological polar surface area (TPSA) is 70.8 Å². The monoisotopic (exact) mass is 430 g/mol. The molecule has 1 unspecified atom stereocenters. The molecule has 164 valence electrons. The number of nitrogens with zero attached hydrogens (tertiary/aromatic N) is 3.